The maximum absolute atomic E-state index is 12.5. The average molecular weight is 407 g/mol. The van der Waals surface area contributed by atoms with E-state index < -0.39 is 16.8 Å². The molecule has 0 saturated heterocycles. The molecule has 1 aromatic heterocycles. The Balaban J connectivity index is 2.18. The van der Waals surface area contributed by atoms with Gasteiger partial charge in [-0.05, 0) is 37.6 Å². The fraction of sp³-hybridized carbons (Fsp3) is 0.333. The number of amides is 1. The highest BCUT2D eigenvalue weighted by Gasteiger charge is 2.19. The Morgan fingerprint density at radius 2 is 2.04 bits per heavy atom. The van der Waals surface area contributed by atoms with Gasteiger partial charge in [-0.1, -0.05) is 0 Å². The van der Waals surface area contributed by atoms with Gasteiger partial charge >= 0.3 is 5.97 Å². The fourth-order valence-corrected chi connectivity index (χ4v) is 3.35. The van der Waals surface area contributed by atoms with E-state index in [0.717, 1.165) is 11.3 Å². The molecule has 0 atom stereocenters. The summed E-state index contributed by atoms with van der Waals surface area (Å²) in [5.41, 5.74) is 0.906. The highest BCUT2D eigenvalue weighted by atomic mass is 32.1. The third-order valence-corrected chi connectivity index (χ3v) is 4.83. The SMILES string of the molecule is CCOC(=O)c1sc(NC(=O)c2ccc(NCCOC)c([N+](=O)[O-])c2)cc1C. The number of thiophene rings is 1. The van der Waals surface area contributed by atoms with Crippen molar-refractivity contribution in [1.29, 1.82) is 0 Å². The van der Waals surface area contributed by atoms with E-state index >= 15 is 0 Å². The summed E-state index contributed by atoms with van der Waals surface area (Å²) in [7, 11) is 1.53. The van der Waals surface area contributed by atoms with E-state index in [4.69, 9.17) is 9.47 Å². The van der Waals surface area contributed by atoms with Gasteiger partial charge < -0.3 is 20.1 Å². The summed E-state index contributed by atoms with van der Waals surface area (Å²) in [5, 5.41) is 17.3. The molecule has 0 aliphatic rings. The molecule has 0 radical (unpaired) electrons. The molecule has 2 N–H and O–H groups in total. The summed E-state index contributed by atoms with van der Waals surface area (Å²) < 4.78 is 9.88. The largest absolute Gasteiger partial charge is 0.462 e. The molecule has 150 valence electrons. The lowest BCUT2D eigenvalue weighted by Gasteiger charge is -2.08. The topological polar surface area (TPSA) is 120 Å². The number of nitrogens with one attached hydrogen (secondary N) is 2. The molecule has 0 fully saturated rings. The molecule has 0 aliphatic heterocycles. The Labute approximate surface area is 165 Å². The van der Waals surface area contributed by atoms with Gasteiger partial charge in [0.25, 0.3) is 11.6 Å². The molecule has 0 bridgehead atoms. The Bertz CT molecular complexity index is 880. The highest BCUT2D eigenvalue weighted by Crippen LogP contribution is 2.29. The van der Waals surface area contributed by atoms with Crippen molar-refractivity contribution in [1.82, 2.24) is 0 Å². The van der Waals surface area contributed by atoms with Gasteiger partial charge in [-0.15, -0.1) is 11.3 Å². The number of ether oxygens (including phenoxy) is 2. The molecule has 1 amide bonds. The van der Waals surface area contributed by atoms with Crippen molar-refractivity contribution in [2.45, 2.75) is 13.8 Å². The van der Waals surface area contributed by atoms with Crippen LogP contribution >= 0.6 is 11.3 Å². The van der Waals surface area contributed by atoms with E-state index in [-0.39, 0.29) is 17.9 Å². The number of carbonyl (C=O) groups is 2. The van der Waals surface area contributed by atoms with Crippen LogP contribution in [-0.2, 0) is 9.47 Å². The number of esters is 1. The number of nitrogens with zero attached hydrogens (tertiary/aromatic N) is 1. The minimum absolute atomic E-state index is 0.132. The van der Waals surface area contributed by atoms with E-state index in [9.17, 15) is 19.7 Å². The Morgan fingerprint density at radius 1 is 1.29 bits per heavy atom. The van der Waals surface area contributed by atoms with E-state index in [1.807, 2.05) is 0 Å². The van der Waals surface area contributed by atoms with Gasteiger partial charge in [0.1, 0.15) is 10.6 Å². The summed E-state index contributed by atoms with van der Waals surface area (Å²) in [4.78, 5) is 35.6. The van der Waals surface area contributed by atoms with E-state index in [1.54, 1.807) is 19.9 Å². The van der Waals surface area contributed by atoms with Gasteiger partial charge in [0.15, 0.2) is 0 Å². The van der Waals surface area contributed by atoms with Gasteiger partial charge in [-0.25, -0.2) is 4.79 Å². The zero-order valence-corrected chi connectivity index (χ0v) is 16.6. The van der Waals surface area contributed by atoms with Crippen LogP contribution in [0.25, 0.3) is 0 Å². The number of nitro benzene ring substituents is 1. The van der Waals surface area contributed by atoms with Crippen LogP contribution in [-0.4, -0.2) is 43.7 Å². The number of hydrogen-bond acceptors (Lipinski definition) is 8. The number of nitro groups is 1. The molecule has 10 heteroatoms. The first-order valence-electron chi connectivity index (χ1n) is 8.47. The summed E-state index contributed by atoms with van der Waals surface area (Å²) >= 11 is 1.09. The zero-order chi connectivity index (χ0) is 20.7. The van der Waals surface area contributed by atoms with Crippen LogP contribution in [0.1, 0.15) is 32.5 Å². The minimum Gasteiger partial charge on any atom is -0.462 e. The van der Waals surface area contributed by atoms with Crippen molar-refractivity contribution in [3.05, 3.63) is 50.4 Å². The monoisotopic (exact) mass is 407 g/mol. The molecule has 0 unspecified atom stereocenters. The molecule has 28 heavy (non-hydrogen) atoms. The lowest BCUT2D eigenvalue weighted by atomic mass is 10.1. The first-order chi connectivity index (χ1) is 13.4. The molecule has 9 nitrogen and oxygen atoms in total. The van der Waals surface area contributed by atoms with Crippen LogP contribution < -0.4 is 10.6 Å². The predicted octanol–water partition coefficient (Wildman–Crippen LogP) is 3.45. The molecular formula is C18H21N3O6S. The van der Waals surface area contributed by atoms with Gasteiger partial charge in [-0.3, -0.25) is 14.9 Å². The summed E-state index contributed by atoms with van der Waals surface area (Å²) in [6.45, 7) is 4.49. The second kappa shape index (κ2) is 9.81. The first-order valence-corrected chi connectivity index (χ1v) is 9.29. The molecule has 1 aromatic carbocycles. The van der Waals surface area contributed by atoms with Crippen molar-refractivity contribution < 1.29 is 24.0 Å². The molecule has 0 saturated carbocycles. The second-order valence-electron chi connectivity index (χ2n) is 5.71. The van der Waals surface area contributed by atoms with Crippen LogP contribution in [0.5, 0.6) is 0 Å². The van der Waals surface area contributed by atoms with Crippen LogP contribution in [0.15, 0.2) is 24.3 Å². The van der Waals surface area contributed by atoms with Crippen molar-refractivity contribution in [2.75, 3.05) is 37.5 Å². The summed E-state index contributed by atoms with van der Waals surface area (Å²) in [6, 6.07) is 5.83. The maximum atomic E-state index is 12.5. The molecule has 2 rings (SSSR count). The molecule has 1 heterocycles. The number of carbonyl (C=O) groups excluding carboxylic acids is 2. The van der Waals surface area contributed by atoms with Crippen molar-refractivity contribution in [3.8, 4) is 0 Å². The molecule has 0 aliphatic carbocycles. The second-order valence-corrected chi connectivity index (χ2v) is 6.76. The van der Waals surface area contributed by atoms with Gasteiger partial charge in [0.05, 0.1) is 23.1 Å². The van der Waals surface area contributed by atoms with Crippen LogP contribution in [0.2, 0.25) is 0 Å². The molecular weight excluding hydrogens is 386 g/mol. The Morgan fingerprint density at radius 3 is 2.68 bits per heavy atom. The minimum atomic E-state index is -0.555. The van der Waals surface area contributed by atoms with Gasteiger partial charge in [0.2, 0.25) is 0 Å². The van der Waals surface area contributed by atoms with Gasteiger partial charge in [-0.2, -0.15) is 0 Å². The zero-order valence-electron chi connectivity index (χ0n) is 15.7. The molecule has 2 aromatic rings. The number of methoxy groups -OCH3 is 1. The van der Waals surface area contributed by atoms with Crippen molar-refractivity contribution in [3.63, 3.8) is 0 Å². The summed E-state index contributed by atoms with van der Waals surface area (Å²) in [6.07, 6.45) is 0. The normalized spacial score (nSPS) is 10.4. The summed E-state index contributed by atoms with van der Waals surface area (Å²) in [5.74, 6) is -0.962. The van der Waals surface area contributed by atoms with Crippen LogP contribution in [0.3, 0.4) is 0 Å². The third kappa shape index (κ3) is 5.27. The Hall–Kier alpha value is -2.98. The number of hydrogen-bond donors (Lipinski definition) is 2. The van der Waals surface area contributed by atoms with Gasteiger partial charge in [0, 0.05) is 25.3 Å². The quantitative estimate of drug-likeness (QED) is 0.283. The Kier molecular flexibility index (Phi) is 7.47. The number of rotatable bonds is 9. The average Bonchev–Trinajstić information content (AvgIpc) is 3.02. The highest BCUT2D eigenvalue weighted by molar-refractivity contribution is 7.18. The number of benzene rings is 1. The van der Waals surface area contributed by atoms with E-state index in [2.05, 4.69) is 10.6 Å². The number of anilines is 2. The third-order valence-electron chi connectivity index (χ3n) is 3.69. The van der Waals surface area contributed by atoms with Crippen molar-refractivity contribution in [2.24, 2.45) is 0 Å². The van der Waals surface area contributed by atoms with Crippen molar-refractivity contribution >= 4 is 39.6 Å². The lowest BCUT2D eigenvalue weighted by molar-refractivity contribution is -0.384. The van der Waals surface area contributed by atoms with Crippen LogP contribution in [0, 0.1) is 17.0 Å². The molecule has 0 spiro atoms. The first kappa shape index (κ1) is 21.3. The smallest absolute Gasteiger partial charge is 0.348 e. The standard InChI is InChI=1S/C18H21N3O6S/c1-4-27-18(23)16-11(2)9-15(28-16)20-17(22)12-5-6-13(19-7-8-26-3)14(10-12)21(24)25/h5-6,9-10,19H,4,7-8H2,1-3H3,(H,20,22). The predicted molar refractivity (Wildman–Crippen MR) is 106 cm³/mol. The van der Waals surface area contributed by atoms with E-state index in [1.165, 1.54) is 25.3 Å². The number of aryl methyl sites for hydroxylation is 1. The van der Waals surface area contributed by atoms with Crippen LogP contribution in [0.4, 0.5) is 16.4 Å². The fourth-order valence-electron chi connectivity index (χ4n) is 2.39. The maximum Gasteiger partial charge on any atom is 0.348 e. The van der Waals surface area contributed by atoms with E-state index in [0.29, 0.717) is 34.3 Å². The lowest BCUT2D eigenvalue weighted by Crippen LogP contribution is -2.13.